The average molecular weight is 520 g/mol. The summed E-state index contributed by atoms with van der Waals surface area (Å²) in [7, 11) is 0. The summed E-state index contributed by atoms with van der Waals surface area (Å²) in [6.45, 7) is 2.60. The molecule has 0 spiro atoms. The largest absolute Gasteiger partial charge is 0.489 e. The molecule has 0 aliphatic carbocycles. The summed E-state index contributed by atoms with van der Waals surface area (Å²) in [5.74, 6) is 1.08. The van der Waals surface area contributed by atoms with Crippen LogP contribution >= 0.6 is 23.2 Å². The summed E-state index contributed by atoms with van der Waals surface area (Å²) >= 11 is 12.2. The molecule has 1 unspecified atom stereocenters. The Kier molecular flexibility index (Phi) is 6.93. The number of amides is 1. The first kappa shape index (κ1) is 23.9. The van der Waals surface area contributed by atoms with Crippen LogP contribution in [0.1, 0.15) is 29.7 Å². The van der Waals surface area contributed by atoms with E-state index in [1.807, 2.05) is 67.6 Å². The third-order valence-corrected chi connectivity index (χ3v) is 6.53. The van der Waals surface area contributed by atoms with Crippen LogP contribution in [-0.4, -0.2) is 20.7 Å². The van der Waals surface area contributed by atoms with Crippen LogP contribution in [0, 0.1) is 0 Å². The normalized spacial score (nSPS) is 14.7. The summed E-state index contributed by atoms with van der Waals surface area (Å²) < 4.78 is 7.64. The van der Waals surface area contributed by atoms with E-state index in [1.54, 1.807) is 16.8 Å². The Morgan fingerprint density at radius 3 is 2.61 bits per heavy atom. The molecule has 182 valence electrons. The highest BCUT2D eigenvalue weighted by Crippen LogP contribution is 2.35. The van der Waals surface area contributed by atoms with Gasteiger partial charge in [0.25, 0.3) is 5.91 Å². The maximum Gasteiger partial charge on any atom is 0.251 e. The molecule has 1 aliphatic heterocycles. The van der Waals surface area contributed by atoms with Crippen molar-refractivity contribution in [2.45, 2.75) is 26.1 Å². The minimum atomic E-state index is -0.445. The number of benzene rings is 3. The molecule has 9 heteroatoms. The maximum atomic E-state index is 13.4. The molecule has 0 saturated heterocycles. The molecule has 3 aromatic carbocycles. The molecular formula is C27H23Cl2N5O2. The number of halogens is 2. The lowest BCUT2D eigenvalue weighted by Crippen LogP contribution is -2.34. The average Bonchev–Trinajstić information content (AvgIpc) is 3.35. The van der Waals surface area contributed by atoms with Gasteiger partial charge in [0.2, 0.25) is 5.95 Å². The Morgan fingerprint density at radius 2 is 1.86 bits per heavy atom. The van der Waals surface area contributed by atoms with Crippen molar-refractivity contribution < 1.29 is 9.53 Å². The molecular weight excluding hydrogens is 497 g/mol. The van der Waals surface area contributed by atoms with Crippen molar-refractivity contribution in [3.05, 3.63) is 117 Å². The number of nitrogens with one attached hydrogen (secondary N) is 2. The van der Waals surface area contributed by atoms with Crippen LogP contribution in [0.5, 0.6) is 5.75 Å². The summed E-state index contributed by atoms with van der Waals surface area (Å²) in [5.41, 5.74) is 4.04. The number of anilines is 1. The quantitative estimate of drug-likeness (QED) is 0.324. The number of nitrogens with zero attached hydrogens (tertiary/aromatic N) is 3. The van der Waals surface area contributed by atoms with E-state index in [1.165, 1.54) is 6.33 Å². The molecule has 0 radical (unpaired) electrons. The zero-order valence-electron chi connectivity index (χ0n) is 19.4. The first-order valence-corrected chi connectivity index (χ1v) is 12.1. The van der Waals surface area contributed by atoms with Crippen LogP contribution in [0.4, 0.5) is 5.95 Å². The number of aromatic nitrogens is 3. The zero-order valence-corrected chi connectivity index (χ0v) is 20.9. The first-order valence-electron chi connectivity index (χ1n) is 11.4. The number of carbonyl (C=O) groups excluding carboxylic acids is 1. The van der Waals surface area contributed by atoms with Gasteiger partial charge >= 0.3 is 0 Å². The number of hydrogen-bond donors (Lipinski definition) is 2. The zero-order chi connectivity index (χ0) is 25.1. The van der Waals surface area contributed by atoms with E-state index >= 15 is 0 Å². The summed E-state index contributed by atoms with van der Waals surface area (Å²) in [5, 5.41) is 11.7. The lowest BCUT2D eigenvalue weighted by Gasteiger charge is -2.28. The molecule has 1 amide bonds. The van der Waals surface area contributed by atoms with E-state index in [0.717, 1.165) is 22.4 Å². The van der Waals surface area contributed by atoms with Crippen LogP contribution < -0.4 is 15.4 Å². The molecule has 4 aromatic rings. The van der Waals surface area contributed by atoms with Gasteiger partial charge in [-0.15, -0.1) is 0 Å². The van der Waals surface area contributed by atoms with E-state index in [2.05, 4.69) is 20.7 Å². The summed E-state index contributed by atoms with van der Waals surface area (Å²) in [4.78, 5) is 17.7. The second-order valence-corrected chi connectivity index (χ2v) is 9.20. The molecule has 2 heterocycles. The highest BCUT2D eigenvalue weighted by Gasteiger charge is 2.33. The van der Waals surface area contributed by atoms with E-state index < -0.39 is 6.04 Å². The molecule has 0 fully saturated rings. The van der Waals surface area contributed by atoms with Gasteiger partial charge in [0.15, 0.2) is 0 Å². The van der Waals surface area contributed by atoms with Gasteiger partial charge in [0.1, 0.15) is 24.7 Å². The fourth-order valence-corrected chi connectivity index (χ4v) is 4.58. The molecule has 2 N–H and O–H groups in total. The number of fused-ring (bicyclic) bond motifs is 1. The van der Waals surface area contributed by atoms with Crippen molar-refractivity contribution in [3.63, 3.8) is 0 Å². The predicted octanol–water partition coefficient (Wildman–Crippen LogP) is 5.77. The van der Waals surface area contributed by atoms with Crippen molar-refractivity contribution in [2.24, 2.45) is 0 Å². The Labute approximate surface area is 218 Å². The van der Waals surface area contributed by atoms with Crippen molar-refractivity contribution in [2.75, 3.05) is 5.32 Å². The lowest BCUT2D eigenvalue weighted by atomic mass is 9.95. The number of ether oxygens (including phenoxy) is 1. The van der Waals surface area contributed by atoms with Gasteiger partial charge in [-0.2, -0.15) is 10.1 Å². The molecule has 5 rings (SSSR count). The van der Waals surface area contributed by atoms with Crippen molar-refractivity contribution in [3.8, 4) is 5.75 Å². The van der Waals surface area contributed by atoms with Gasteiger partial charge in [0, 0.05) is 27.9 Å². The molecule has 1 aromatic heterocycles. The minimum Gasteiger partial charge on any atom is -0.489 e. The number of carbonyl (C=O) groups is 1. The number of allylic oxidation sites excluding steroid dienone is 1. The monoisotopic (exact) mass is 519 g/mol. The smallest absolute Gasteiger partial charge is 0.251 e. The maximum absolute atomic E-state index is 13.4. The van der Waals surface area contributed by atoms with Crippen molar-refractivity contribution in [1.82, 2.24) is 20.1 Å². The molecule has 36 heavy (non-hydrogen) atoms. The summed E-state index contributed by atoms with van der Waals surface area (Å²) in [6.07, 6.45) is 1.47. The Hall–Kier alpha value is -3.81. The number of hydrogen-bond acceptors (Lipinski definition) is 5. The fourth-order valence-electron chi connectivity index (χ4n) is 4.11. The van der Waals surface area contributed by atoms with Gasteiger partial charge in [0.05, 0.1) is 5.57 Å². The molecule has 1 aliphatic rings. The summed E-state index contributed by atoms with van der Waals surface area (Å²) in [6, 6.07) is 22.3. The highest BCUT2D eigenvalue weighted by molar-refractivity contribution is 6.35. The van der Waals surface area contributed by atoms with E-state index in [0.29, 0.717) is 40.5 Å². The molecule has 1 atom stereocenters. The third-order valence-electron chi connectivity index (χ3n) is 5.94. The van der Waals surface area contributed by atoms with Crippen molar-refractivity contribution >= 4 is 35.1 Å². The first-order chi connectivity index (χ1) is 17.5. The third kappa shape index (κ3) is 5.08. The van der Waals surface area contributed by atoms with Crippen molar-refractivity contribution in [1.29, 1.82) is 0 Å². The Morgan fingerprint density at radius 1 is 1.08 bits per heavy atom. The van der Waals surface area contributed by atoms with Crippen LogP contribution in [0.25, 0.3) is 0 Å². The van der Waals surface area contributed by atoms with Gasteiger partial charge in [-0.1, -0.05) is 71.7 Å². The SMILES string of the molecule is CC1=C(C(=O)NCc2ccccc2)C(c2ccc(OCc3ccc(Cl)cc3Cl)cc2)n2ncnc2N1. The van der Waals surface area contributed by atoms with Gasteiger partial charge in [-0.05, 0) is 42.3 Å². The lowest BCUT2D eigenvalue weighted by molar-refractivity contribution is -0.118. The van der Waals surface area contributed by atoms with Crippen LogP contribution in [-0.2, 0) is 17.9 Å². The van der Waals surface area contributed by atoms with Gasteiger partial charge in [-0.25, -0.2) is 4.68 Å². The molecule has 7 nitrogen and oxygen atoms in total. The Balaban J connectivity index is 1.37. The minimum absolute atomic E-state index is 0.173. The molecule has 0 bridgehead atoms. The van der Waals surface area contributed by atoms with E-state index in [-0.39, 0.29) is 5.91 Å². The van der Waals surface area contributed by atoms with Crippen LogP contribution in [0.15, 0.2) is 90.4 Å². The second-order valence-electron chi connectivity index (χ2n) is 8.36. The number of rotatable bonds is 7. The standard InChI is InChI=1S/C27H23Cl2N5O2/c1-17-24(26(35)30-14-18-5-3-2-4-6-18)25(34-27(33-17)31-16-32-34)19-8-11-22(12-9-19)36-15-20-7-10-21(28)13-23(20)29/h2-13,16,25H,14-15H2,1H3,(H,30,35)(H,31,32,33). The molecule has 0 saturated carbocycles. The second kappa shape index (κ2) is 10.4. The fraction of sp³-hybridized carbons (Fsp3) is 0.148. The van der Waals surface area contributed by atoms with Gasteiger partial charge in [-0.3, -0.25) is 4.79 Å². The van der Waals surface area contributed by atoms with E-state index in [9.17, 15) is 4.79 Å². The van der Waals surface area contributed by atoms with Gasteiger partial charge < -0.3 is 15.4 Å². The predicted molar refractivity (Wildman–Crippen MR) is 140 cm³/mol. The Bertz CT molecular complexity index is 1420. The highest BCUT2D eigenvalue weighted by atomic mass is 35.5. The topological polar surface area (TPSA) is 81.1 Å². The van der Waals surface area contributed by atoms with Crippen LogP contribution in [0.3, 0.4) is 0 Å². The van der Waals surface area contributed by atoms with Crippen LogP contribution in [0.2, 0.25) is 10.0 Å². The van der Waals surface area contributed by atoms with E-state index in [4.69, 9.17) is 27.9 Å².